The Morgan fingerprint density at radius 1 is 1.44 bits per heavy atom. The van der Waals surface area contributed by atoms with Crippen molar-refractivity contribution in [2.45, 2.75) is 13.0 Å². The predicted molar refractivity (Wildman–Crippen MR) is 73.0 cm³/mol. The molecule has 0 bridgehead atoms. The molecule has 1 unspecified atom stereocenters. The quantitative estimate of drug-likeness (QED) is 0.682. The molecule has 5 heteroatoms. The van der Waals surface area contributed by atoms with E-state index in [0.29, 0.717) is 17.2 Å². The third kappa shape index (κ3) is 2.80. The molecular weight excluding hydrogens is 250 g/mol. The second kappa shape index (κ2) is 5.37. The van der Waals surface area contributed by atoms with E-state index in [9.17, 15) is 4.79 Å². The minimum atomic E-state index is -0.320. The standard InChI is InChI=1S/C13H15NO3S/c1-8(7-16-2)17-13(15)12-6-9-5-10(14)3-4-11(9)18-12/h3-6,8H,7,14H2,1-2H3. The molecule has 1 aromatic heterocycles. The number of fused-ring (bicyclic) bond motifs is 1. The van der Waals surface area contributed by atoms with Gasteiger partial charge in [0, 0.05) is 17.5 Å². The summed E-state index contributed by atoms with van der Waals surface area (Å²) in [6, 6.07) is 7.38. The average molecular weight is 265 g/mol. The van der Waals surface area contributed by atoms with Gasteiger partial charge in [-0.1, -0.05) is 0 Å². The van der Waals surface area contributed by atoms with Gasteiger partial charge in [-0.05, 0) is 36.6 Å². The van der Waals surface area contributed by atoms with E-state index in [-0.39, 0.29) is 12.1 Å². The lowest BCUT2D eigenvalue weighted by molar-refractivity contribution is 0.0125. The fourth-order valence-corrected chi connectivity index (χ4v) is 2.60. The minimum Gasteiger partial charge on any atom is -0.456 e. The number of ether oxygens (including phenoxy) is 2. The first-order chi connectivity index (χ1) is 8.60. The third-order valence-electron chi connectivity index (χ3n) is 2.45. The Hall–Kier alpha value is -1.59. The number of benzene rings is 1. The number of thiophene rings is 1. The van der Waals surface area contributed by atoms with Gasteiger partial charge in [0.05, 0.1) is 6.61 Å². The van der Waals surface area contributed by atoms with Crippen LogP contribution >= 0.6 is 11.3 Å². The van der Waals surface area contributed by atoms with Gasteiger partial charge in [-0.15, -0.1) is 11.3 Å². The molecule has 1 heterocycles. The zero-order valence-corrected chi connectivity index (χ0v) is 11.1. The van der Waals surface area contributed by atoms with Gasteiger partial charge in [0.1, 0.15) is 11.0 Å². The number of carbonyl (C=O) groups excluding carboxylic acids is 1. The molecule has 1 atom stereocenters. The Morgan fingerprint density at radius 3 is 2.94 bits per heavy atom. The van der Waals surface area contributed by atoms with Crippen LogP contribution in [0.25, 0.3) is 10.1 Å². The van der Waals surface area contributed by atoms with Crippen LogP contribution in [0.2, 0.25) is 0 Å². The van der Waals surface area contributed by atoms with Crippen molar-refractivity contribution in [1.29, 1.82) is 0 Å². The molecule has 0 aliphatic rings. The molecule has 96 valence electrons. The molecular formula is C13H15NO3S. The van der Waals surface area contributed by atoms with Crippen molar-refractivity contribution >= 4 is 33.1 Å². The highest BCUT2D eigenvalue weighted by atomic mass is 32.1. The summed E-state index contributed by atoms with van der Waals surface area (Å²) in [5, 5.41) is 0.964. The third-order valence-corrected chi connectivity index (χ3v) is 3.55. The van der Waals surface area contributed by atoms with Crippen LogP contribution in [0.1, 0.15) is 16.6 Å². The zero-order chi connectivity index (χ0) is 13.1. The number of hydrogen-bond donors (Lipinski definition) is 1. The van der Waals surface area contributed by atoms with Crippen molar-refractivity contribution in [1.82, 2.24) is 0 Å². The smallest absolute Gasteiger partial charge is 0.348 e. The van der Waals surface area contributed by atoms with Crippen molar-refractivity contribution in [3.05, 3.63) is 29.1 Å². The maximum absolute atomic E-state index is 11.9. The maximum atomic E-state index is 11.9. The topological polar surface area (TPSA) is 61.5 Å². The van der Waals surface area contributed by atoms with Crippen LogP contribution in [0.4, 0.5) is 5.69 Å². The molecule has 1 aromatic carbocycles. The van der Waals surface area contributed by atoms with Crippen LogP contribution < -0.4 is 5.73 Å². The molecule has 18 heavy (non-hydrogen) atoms. The van der Waals surface area contributed by atoms with Crippen molar-refractivity contribution in [3.8, 4) is 0 Å². The molecule has 2 N–H and O–H groups in total. The van der Waals surface area contributed by atoms with Gasteiger partial charge in [0.2, 0.25) is 0 Å². The SMILES string of the molecule is COCC(C)OC(=O)c1cc2cc(N)ccc2s1. The van der Waals surface area contributed by atoms with E-state index in [2.05, 4.69) is 0 Å². The first-order valence-corrected chi connectivity index (χ1v) is 6.41. The van der Waals surface area contributed by atoms with Crippen molar-refractivity contribution < 1.29 is 14.3 Å². The van der Waals surface area contributed by atoms with E-state index in [1.165, 1.54) is 11.3 Å². The lowest BCUT2D eigenvalue weighted by Crippen LogP contribution is -2.18. The fourth-order valence-electron chi connectivity index (χ4n) is 1.67. The van der Waals surface area contributed by atoms with Crippen LogP contribution in [0.5, 0.6) is 0 Å². The fraction of sp³-hybridized carbons (Fsp3) is 0.308. The van der Waals surface area contributed by atoms with E-state index < -0.39 is 0 Å². The van der Waals surface area contributed by atoms with Gasteiger partial charge in [-0.25, -0.2) is 4.79 Å². The molecule has 0 saturated carbocycles. The summed E-state index contributed by atoms with van der Waals surface area (Å²) in [6.07, 6.45) is -0.252. The Balaban J connectivity index is 2.18. The Labute approximate surface area is 109 Å². The van der Waals surface area contributed by atoms with E-state index in [1.807, 2.05) is 18.2 Å². The summed E-state index contributed by atoms with van der Waals surface area (Å²) in [7, 11) is 1.58. The van der Waals surface area contributed by atoms with Crippen LogP contribution in [-0.4, -0.2) is 25.8 Å². The number of esters is 1. The maximum Gasteiger partial charge on any atom is 0.348 e. The van der Waals surface area contributed by atoms with E-state index in [4.69, 9.17) is 15.2 Å². The van der Waals surface area contributed by atoms with Gasteiger partial charge in [-0.2, -0.15) is 0 Å². The normalized spacial score (nSPS) is 12.6. The van der Waals surface area contributed by atoms with Crippen LogP contribution in [0.15, 0.2) is 24.3 Å². The number of rotatable bonds is 4. The predicted octanol–water partition coefficient (Wildman–Crippen LogP) is 2.68. The molecule has 0 radical (unpaired) electrons. The number of anilines is 1. The number of hydrogen-bond acceptors (Lipinski definition) is 5. The highest BCUT2D eigenvalue weighted by molar-refractivity contribution is 7.20. The van der Waals surface area contributed by atoms with Crippen molar-refractivity contribution in [2.75, 3.05) is 19.5 Å². The largest absolute Gasteiger partial charge is 0.456 e. The number of carbonyl (C=O) groups is 1. The first-order valence-electron chi connectivity index (χ1n) is 5.59. The minimum absolute atomic E-state index is 0.252. The summed E-state index contributed by atoms with van der Waals surface area (Å²) in [5.74, 6) is -0.320. The van der Waals surface area contributed by atoms with Crippen LogP contribution in [0, 0.1) is 0 Å². The summed E-state index contributed by atoms with van der Waals surface area (Å²) in [6.45, 7) is 2.19. The Morgan fingerprint density at radius 2 is 2.22 bits per heavy atom. The average Bonchev–Trinajstić information content (AvgIpc) is 2.72. The van der Waals surface area contributed by atoms with Gasteiger partial charge in [0.25, 0.3) is 0 Å². The molecule has 0 saturated heterocycles. The summed E-state index contributed by atoms with van der Waals surface area (Å²) >= 11 is 1.40. The van der Waals surface area contributed by atoms with Crippen molar-refractivity contribution in [3.63, 3.8) is 0 Å². The number of nitrogen functional groups attached to an aromatic ring is 1. The Bertz CT molecular complexity index is 564. The van der Waals surface area contributed by atoms with Gasteiger partial charge in [0.15, 0.2) is 0 Å². The van der Waals surface area contributed by atoms with Crippen LogP contribution in [0.3, 0.4) is 0 Å². The van der Waals surface area contributed by atoms with E-state index in [0.717, 1.165) is 10.1 Å². The van der Waals surface area contributed by atoms with Gasteiger partial charge >= 0.3 is 5.97 Å². The molecule has 0 amide bonds. The van der Waals surface area contributed by atoms with E-state index in [1.54, 1.807) is 20.1 Å². The van der Waals surface area contributed by atoms with Crippen molar-refractivity contribution in [2.24, 2.45) is 0 Å². The van der Waals surface area contributed by atoms with Crippen LogP contribution in [-0.2, 0) is 9.47 Å². The Kier molecular flexibility index (Phi) is 3.84. The zero-order valence-electron chi connectivity index (χ0n) is 10.3. The first kappa shape index (κ1) is 12.9. The molecule has 0 aliphatic carbocycles. The lowest BCUT2D eigenvalue weighted by Gasteiger charge is -2.10. The monoisotopic (exact) mass is 265 g/mol. The lowest BCUT2D eigenvalue weighted by atomic mass is 10.2. The molecule has 0 aliphatic heterocycles. The summed E-state index contributed by atoms with van der Waals surface area (Å²) in [5.41, 5.74) is 6.39. The molecule has 0 spiro atoms. The molecule has 2 rings (SSSR count). The second-order valence-electron chi connectivity index (χ2n) is 4.08. The van der Waals surface area contributed by atoms with E-state index >= 15 is 0 Å². The summed E-state index contributed by atoms with van der Waals surface area (Å²) < 4.78 is 11.2. The van der Waals surface area contributed by atoms with Gasteiger partial charge in [-0.3, -0.25) is 0 Å². The highest BCUT2D eigenvalue weighted by Gasteiger charge is 2.14. The second-order valence-corrected chi connectivity index (χ2v) is 5.16. The van der Waals surface area contributed by atoms with Gasteiger partial charge < -0.3 is 15.2 Å². The number of nitrogens with two attached hydrogens (primary N) is 1. The number of methoxy groups -OCH3 is 1. The molecule has 4 nitrogen and oxygen atoms in total. The molecule has 0 fully saturated rings. The highest BCUT2D eigenvalue weighted by Crippen LogP contribution is 2.27. The molecule has 2 aromatic rings. The summed E-state index contributed by atoms with van der Waals surface area (Å²) in [4.78, 5) is 12.5.